The molecule has 0 atom stereocenters. The van der Waals surface area contributed by atoms with E-state index in [4.69, 9.17) is 4.74 Å². The normalized spacial score (nSPS) is 11.3. The summed E-state index contributed by atoms with van der Waals surface area (Å²) in [5, 5.41) is 12.9. The smallest absolute Gasteiger partial charge is 0.304 e. The minimum absolute atomic E-state index is 0.177. The summed E-state index contributed by atoms with van der Waals surface area (Å²) in [5.41, 5.74) is 0.751. The number of pyridine rings is 1. The van der Waals surface area contributed by atoms with Crippen molar-refractivity contribution in [3.63, 3.8) is 0 Å². The molecular formula is C24H25FN2O4. The first-order valence-electron chi connectivity index (χ1n) is 10.2. The molecule has 6 nitrogen and oxygen atoms in total. The Morgan fingerprint density at radius 2 is 1.84 bits per heavy atom. The Hall–Kier alpha value is -3.48. The average molecular weight is 424 g/mol. The molecule has 31 heavy (non-hydrogen) atoms. The van der Waals surface area contributed by atoms with Crippen LogP contribution >= 0.6 is 0 Å². The SMILES string of the molecule is CCC(CC)(CC(=O)O)C(=O)Nc1cccc(OCc2ccc3ccc(F)cc3n2)c1. The maximum absolute atomic E-state index is 13.4. The fourth-order valence-corrected chi connectivity index (χ4v) is 3.49. The quantitative estimate of drug-likeness (QED) is 0.495. The van der Waals surface area contributed by atoms with Gasteiger partial charge in [0.25, 0.3) is 0 Å². The van der Waals surface area contributed by atoms with Crippen LogP contribution in [0.5, 0.6) is 5.75 Å². The lowest BCUT2D eigenvalue weighted by Crippen LogP contribution is -2.37. The Morgan fingerprint density at radius 1 is 1.10 bits per heavy atom. The number of halogens is 1. The van der Waals surface area contributed by atoms with Crippen molar-refractivity contribution in [2.75, 3.05) is 5.32 Å². The summed E-state index contributed by atoms with van der Waals surface area (Å²) in [6.45, 7) is 3.80. The molecule has 162 valence electrons. The summed E-state index contributed by atoms with van der Waals surface area (Å²) >= 11 is 0. The predicted molar refractivity (Wildman–Crippen MR) is 116 cm³/mol. The lowest BCUT2D eigenvalue weighted by Gasteiger charge is -2.28. The number of carbonyl (C=O) groups is 2. The summed E-state index contributed by atoms with van der Waals surface area (Å²) in [6, 6.07) is 15.0. The standard InChI is InChI=1S/C24H25FN2O4/c1-3-24(4-2,14-22(28)29)23(30)27-18-6-5-7-20(13-18)31-15-19-11-9-16-8-10-17(25)12-21(16)26-19/h5-13H,3-4,14-15H2,1-2H3,(H,27,30)(H,28,29). The number of hydrogen-bond donors (Lipinski definition) is 2. The number of hydrogen-bond acceptors (Lipinski definition) is 4. The number of carbonyl (C=O) groups excluding carboxylic acids is 1. The van der Waals surface area contributed by atoms with Crippen molar-refractivity contribution in [2.24, 2.45) is 5.41 Å². The number of rotatable bonds is 9. The van der Waals surface area contributed by atoms with Gasteiger partial charge in [-0.1, -0.05) is 26.0 Å². The van der Waals surface area contributed by atoms with E-state index in [0.717, 1.165) is 5.39 Å². The van der Waals surface area contributed by atoms with E-state index in [9.17, 15) is 19.1 Å². The maximum Gasteiger partial charge on any atom is 0.304 e. The molecule has 3 aromatic rings. The van der Waals surface area contributed by atoms with Crippen LogP contribution in [0.15, 0.2) is 54.6 Å². The number of fused-ring (bicyclic) bond motifs is 1. The van der Waals surface area contributed by atoms with Crippen molar-refractivity contribution in [2.45, 2.75) is 39.7 Å². The molecular weight excluding hydrogens is 399 g/mol. The molecule has 0 bridgehead atoms. The number of carboxylic acids is 1. The average Bonchev–Trinajstić information content (AvgIpc) is 2.75. The zero-order valence-electron chi connectivity index (χ0n) is 17.5. The van der Waals surface area contributed by atoms with Crippen LogP contribution in [0.3, 0.4) is 0 Å². The summed E-state index contributed by atoms with van der Waals surface area (Å²) in [6.07, 6.45) is 0.619. The van der Waals surface area contributed by atoms with Crippen LogP contribution in [0, 0.1) is 11.2 Å². The van der Waals surface area contributed by atoms with Crippen molar-refractivity contribution >= 4 is 28.5 Å². The monoisotopic (exact) mass is 424 g/mol. The molecule has 7 heteroatoms. The van der Waals surface area contributed by atoms with Gasteiger partial charge in [0.1, 0.15) is 18.2 Å². The molecule has 1 heterocycles. The van der Waals surface area contributed by atoms with Crippen molar-refractivity contribution in [3.8, 4) is 5.75 Å². The first-order chi connectivity index (χ1) is 14.8. The molecule has 0 aliphatic rings. The summed E-state index contributed by atoms with van der Waals surface area (Å²) in [4.78, 5) is 28.5. The van der Waals surface area contributed by atoms with Crippen LogP contribution in [0.1, 0.15) is 38.8 Å². The zero-order chi connectivity index (χ0) is 22.4. The molecule has 0 fully saturated rings. The van der Waals surface area contributed by atoms with Crippen LogP contribution in [0.2, 0.25) is 0 Å². The van der Waals surface area contributed by atoms with Gasteiger partial charge in [0.2, 0.25) is 5.91 Å². The molecule has 0 saturated carbocycles. The molecule has 0 spiro atoms. The highest BCUT2D eigenvalue weighted by Gasteiger charge is 2.37. The van der Waals surface area contributed by atoms with E-state index >= 15 is 0 Å². The highest BCUT2D eigenvalue weighted by Crippen LogP contribution is 2.33. The fourth-order valence-electron chi connectivity index (χ4n) is 3.49. The third kappa shape index (κ3) is 5.36. The first kappa shape index (κ1) is 22.2. The predicted octanol–water partition coefficient (Wildman–Crippen LogP) is 5.17. The van der Waals surface area contributed by atoms with Gasteiger partial charge in [0.15, 0.2) is 0 Å². The third-order valence-electron chi connectivity index (χ3n) is 5.52. The Bertz CT molecular complexity index is 1100. The minimum Gasteiger partial charge on any atom is -0.487 e. The number of amides is 1. The van der Waals surface area contributed by atoms with E-state index in [-0.39, 0.29) is 24.8 Å². The van der Waals surface area contributed by atoms with Gasteiger partial charge in [-0.05, 0) is 43.2 Å². The number of nitrogens with one attached hydrogen (secondary N) is 1. The van der Waals surface area contributed by atoms with E-state index in [1.165, 1.54) is 12.1 Å². The molecule has 0 aliphatic heterocycles. The maximum atomic E-state index is 13.4. The number of anilines is 1. The Morgan fingerprint density at radius 3 is 2.55 bits per heavy atom. The number of carboxylic acid groups (broad SMARTS) is 1. The molecule has 3 rings (SSSR count). The molecule has 0 unspecified atom stereocenters. The fraction of sp³-hybridized carbons (Fsp3) is 0.292. The minimum atomic E-state index is -1.00. The van der Waals surface area contributed by atoms with Gasteiger partial charge in [0.05, 0.1) is 23.0 Å². The number of nitrogens with zero attached hydrogens (tertiary/aromatic N) is 1. The highest BCUT2D eigenvalue weighted by atomic mass is 19.1. The number of aromatic nitrogens is 1. The second kappa shape index (κ2) is 9.55. The summed E-state index contributed by atoms with van der Waals surface area (Å²) < 4.78 is 19.2. The molecule has 0 aliphatic carbocycles. The van der Waals surface area contributed by atoms with Crippen LogP contribution in [-0.2, 0) is 16.2 Å². The topological polar surface area (TPSA) is 88.5 Å². The second-order valence-electron chi connectivity index (χ2n) is 7.47. The van der Waals surface area contributed by atoms with Gasteiger partial charge in [-0.25, -0.2) is 9.37 Å². The summed E-state index contributed by atoms with van der Waals surface area (Å²) in [5.74, 6) is -1.15. The van der Waals surface area contributed by atoms with Crippen molar-refractivity contribution in [3.05, 3.63) is 66.1 Å². The molecule has 0 saturated heterocycles. The van der Waals surface area contributed by atoms with Crippen LogP contribution < -0.4 is 10.1 Å². The zero-order valence-corrected chi connectivity index (χ0v) is 17.5. The van der Waals surface area contributed by atoms with E-state index in [2.05, 4.69) is 10.3 Å². The van der Waals surface area contributed by atoms with E-state index < -0.39 is 11.4 Å². The molecule has 1 amide bonds. The summed E-state index contributed by atoms with van der Waals surface area (Å²) in [7, 11) is 0. The van der Waals surface area contributed by atoms with Gasteiger partial charge in [-0.3, -0.25) is 9.59 Å². The largest absolute Gasteiger partial charge is 0.487 e. The Labute approximate surface area is 180 Å². The lowest BCUT2D eigenvalue weighted by atomic mass is 9.78. The number of ether oxygens (including phenoxy) is 1. The van der Waals surface area contributed by atoms with Crippen molar-refractivity contribution < 1.29 is 23.8 Å². The molecule has 2 N–H and O–H groups in total. The number of aliphatic carboxylic acids is 1. The highest BCUT2D eigenvalue weighted by molar-refractivity contribution is 5.97. The van der Waals surface area contributed by atoms with Crippen LogP contribution in [-0.4, -0.2) is 22.0 Å². The Kier molecular flexibility index (Phi) is 6.84. The van der Waals surface area contributed by atoms with E-state index in [0.29, 0.717) is 35.5 Å². The van der Waals surface area contributed by atoms with Crippen molar-refractivity contribution in [1.82, 2.24) is 4.98 Å². The van der Waals surface area contributed by atoms with Gasteiger partial charge < -0.3 is 15.2 Å². The first-order valence-corrected chi connectivity index (χ1v) is 10.2. The lowest BCUT2D eigenvalue weighted by molar-refractivity contribution is -0.144. The van der Waals surface area contributed by atoms with Gasteiger partial charge in [-0.2, -0.15) is 0 Å². The van der Waals surface area contributed by atoms with E-state index in [1.807, 2.05) is 26.0 Å². The van der Waals surface area contributed by atoms with Crippen LogP contribution in [0.25, 0.3) is 10.9 Å². The second-order valence-corrected chi connectivity index (χ2v) is 7.47. The van der Waals surface area contributed by atoms with Gasteiger partial charge in [-0.15, -0.1) is 0 Å². The Balaban J connectivity index is 1.70. The molecule has 1 aromatic heterocycles. The third-order valence-corrected chi connectivity index (χ3v) is 5.52. The molecule has 0 radical (unpaired) electrons. The van der Waals surface area contributed by atoms with Crippen molar-refractivity contribution in [1.29, 1.82) is 0 Å². The van der Waals surface area contributed by atoms with Gasteiger partial charge in [0, 0.05) is 23.2 Å². The van der Waals surface area contributed by atoms with Crippen LogP contribution in [0.4, 0.5) is 10.1 Å². The van der Waals surface area contributed by atoms with E-state index in [1.54, 1.807) is 30.3 Å². The van der Waals surface area contributed by atoms with Gasteiger partial charge >= 0.3 is 5.97 Å². The number of benzene rings is 2. The molecule has 2 aromatic carbocycles.